The van der Waals surface area contributed by atoms with Crippen LogP contribution in [0.1, 0.15) is 35.1 Å². The smallest absolute Gasteiger partial charge is 0.264 e. The van der Waals surface area contributed by atoms with Crippen LogP contribution in [0.5, 0.6) is 0 Å². The first-order valence-electron chi connectivity index (χ1n) is 9.26. The van der Waals surface area contributed by atoms with Crippen LogP contribution in [-0.4, -0.2) is 59.5 Å². The predicted octanol–water partition coefficient (Wildman–Crippen LogP) is 3.00. The largest absolute Gasteiger partial charge is 0.383 e. The Morgan fingerprint density at radius 3 is 2.59 bits per heavy atom. The third kappa shape index (κ3) is 6.22. The van der Waals surface area contributed by atoms with Gasteiger partial charge in [0.25, 0.3) is 5.91 Å². The summed E-state index contributed by atoms with van der Waals surface area (Å²) in [4.78, 5) is 29.9. The van der Waals surface area contributed by atoms with Crippen molar-refractivity contribution in [2.24, 2.45) is 7.05 Å². The second kappa shape index (κ2) is 10.9. The fourth-order valence-corrected chi connectivity index (χ4v) is 3.46. The van der Waals surface area contributed by atoms with E-state index in [2.05, 4.69) is 6.92 Å². The highest BCUT2D eigenvalue weighted by Crippen LogP contribution is 2.13. The van der Waals surface area contributed by atoms with Gasteiger partial charge in [0.2, 0.25) is 5.91 Å². The Bertz CT molecular complexity index is 712. The molecule has 0 aliphatic carbocycles. The molecular formula is C20H29N3O3S. The molecule has 0 spiro atoms. The van der Waals surface area contributed by atoms with Gasteiger partial charge in [-0.05, 0) is 30.0 Å². The van der Waals surface area contributed by atoms with Crippen molar-refractivity contribution in [3.63, 3.8) is 0 Å². The first-order valence-corrected chi connectivity index (χ1v) is 10.1. The van der Waals surface area contributed by atoms with Crippen molar-refractivity contribution in [3.8, 4) is 0 Å². The van der Waals surface area contributed by atoms with Crippen molar-refractivity contribution in [2.45, 2.75) is 26.3 Å². The normalized spacial score (nSPS) is 10.8. The third-order valence-electron chi connectivity index (χ3n) is 4.45. The summed E-state index contributed by atoms with van der Waals surface area (Å²) >= 11 is 1.39. The fraction of sp³-hybridized carbons (Fsp3) is 0.500. The van der Waals surface area contributed by atoms with Gasteiger partial charge >= 0.3 is 0 Å². The predicted molar refractivity (Wildman–Crippen MR) is 108 cm³/mol. The number of aryl methyl sites for hydroxylation is 1. The van der Waals surface area contributed by atoms with Gasteiger partial charge in [-0.1, -0.05) is 19.4 Å². The van der Waals surface area contributed by atoms with E-state index in [1.807, 2.05) is 46.3 Å². The summed E-state index contributed by atoms with van der Waals surface area (Å²) in [6, 6.07) is 7.63. The van der Waals surface area contributed by atoms with Crippen LogP contribution >= 0.6 is 11.3 Å². The van der Waals surface area contributed by atoms with Crippen LogP contribution in [-0.2, 0) is 23.1 Å². The van der Waals surface area contributed by atoms with Gasteiger partial charge in [0.15, 0.2) is 0 Å². The van der Waals surface area contributed by atoms with Crippen LogP contribution in [0.2, 0.25) is 0 Å². The zero-order valence-corrected chi connectivity index (χ0v) is 17.2. The van der Waals surface area contributed by atoms with Gasteiger partial charge in [-0.3, -0.25) is 9.59 Å². The molecule has 2 aromatic heterocycles. The molecule has 0 atom stereocenters. The van der Waals surface area contributed by atoms with Gasteiger partial charge in [0, 0.05) is 39.1 Å². The van der Waals surface area contributed by atoms with Crippen LogP contribution in [0.4, 0.5) is 0 Å². The SMILES string of the molecule is CCCCN(Cc1cccn1C)C(=O)CN(CCOC)C(=O)c1cccs1. The Balaban J connectivity index is 2.10. The molecule has 0 aliphatic heterocycles. The Labute approximate surface area is 165 Å². The van der Waals surface area contributed by atoms with Crippen LogP contribution < -0.4 is 0 Å². The molecular weight excluding hydrogens is 362 g/mol. The van der Waals surface area contributed by atoms with Gasteiger partial charge in [0.05, 0.1) is 18.0 Å². The molecule has 2 amide bonds. The Kier molecular flexibility index (Phi) is 8.54. The van der Waals surface area contributed by atoms with Crippen LogP contribution in [0, 0.1) is 0 Å². The molecule has 2 heterocycles. The summed E-state index contributed by atoms with van der Waals surface area (Å²) in [5, 5.41) is 1.87. The molecule has 0 bridgehead atoms. The Hall–Kier alpha value is -2.12. The second-order valence-corrected chi connectivity index (χ2v) is 7.42. The lowest BCUT2D eigenvalue weighted by Gasteiger charge is -2.27. The van der Waals surface area contributed by atoms with Gasteiger partial charge in [-0.25, -0.2) is 0 Å². The van der Waals surface area contributed by atoms with E-state index in [1.54, 1.807) is 18.1 Å². The minimum Gasteiger partial charge on any atom is -0.383 e. The molecule has 2 aromatic rings. The van der Waals surface area contributed by atoms with Gasteiger partial charge < -0.3 is 19.1 Å². The lowest BCUT2D eigenvalue weighted by atomic mass is 10.2. The highest BCUT2D eigenvalue weighted by atomic mass is 32.1. The monoisotopic (exact) mass is 391 g/mol. The van der Waals surface area contributed by atoms with Crippen molar-refractivity contribution in [2.75, 3.05) is 33.4 Å². The van der Waals surface area contributed by atoms with E-state index in [0.717, 1.165) is 18.5 Å². The van der Waals surface area contributed by atoms with Crippen LogP contribution in [0.3, 0.4) is 0 Å². The van der Waals surface area contributed by atoms with Crippen LogP contribution in [0.15, 0.2) is 35.8 Å². The standard InChI is InChI=1S/C20H29N3O3S/c1-4-5-11-22(15-17-8-6-10-21(17)2)19(24)16-23(12-13-26-3)20(25)18-9-7-14-27-18/h6-10,14H,4-5,11-13,15-16H2,1-3H3. The molecule has 0 radical (unpaired) electrons. The average Bonchev–Trinajstić information content (AvgIpc) is 3.33. The highest BCUT2D eigenvalue weighted by molar-refractivity contribution is 7.12. The fourth-order valence-electron chi connectivity index (χ4n) is 2.77. The van der Waals surface area contributed by atoms with E-state index >= 15 is 0 Å². The third-order valence-corrected chi connectivity index (χ3v) is 5.31. The van der Waals surface area contributed by atoms with Gasteiger partial charge in [-0.15, -0.1) is 11.3 Å². The van der Waals surface area contributed by atoms with Crippen LogP contribution in [0.25, 0.3) is 0 Å². The maximum Gasteiger partial charge on any atom is 0.264 e. The van der Waals surface area contributed by atoms with Crippen molar-refractivity contribution in [1.82, 2.24) is 14.4 Å². The Morgan fingerprint density at radius 1 is 1.19 bits per heavy atom. The van der Waals surface area contributed by atoms with Crippen molar-refractivity contribution in [3.05, 3.63) is 46.4 Å². The summed E-state index contributed by atoms with van der Waals surface area (Å²) in [5.74, 6) is -0.157. The summed E-state index contributed by atoms with van der Waals surface area (Å²) < 4.78 is 7.15. The van der Waals surface area contributed by atoms with E-state index in [9.17, 15) is 9.59 Å². The zero-order chi connectivity index (χ0) is 19.6. The summed E-state index contributed by atoms with van der Waals surface area (Å²) in [6.45, 7) is 4.20. The molecule has 0 N–H and O–H groups in total. The Morgan fingerprint density at radius 2 is 2.00 bits per heavy atom. The lowest BCUT2D eigenvalue weighted by Crippen LogP contribution is -2.44. The van der Waals surface area contributed by atoms with Crippen molar-refractivity contribution in [1.29, 1.82) is 0 Å². The number of hydrogen-bond donors (Lipinski definition) is 0. The minimum absolute atomic E-state index is 0.0364. The number of carbonyl (C=O) groups is 2. The number of unbranched alkanes of at least 4 members (excludes halogenated alkanes) is 1. The van der Waals surface area contributed by atoms with Gasteiger partial charge in [0.1, 0.15) is 6.54 Å². The molecule has 0 saturated heterocycles. The van der Waals surface area contributed by atoms with E-state index in [-0.39, 0.29) is 18.4 Å². The summed E-state index contributed by atoms with van der Waals surface area (Å²) in [5.41, 5.74) is 1.08. The zero-order valence-electron chi connectivity index (χ0n) is 16.4. The molecule has 148 valence electrons. The maximum atomic E-state index is 13.0. The first-order chi connectivity index (χ1) is 13.1. The molecule has 0 fully saturated rings. The topological polar surface area (TPSA) is 54.8 Å². The highest BCUT2D eigenvalue weighted by Gasteiger charge is 2.23. The summed E-state index contributed by atoms with van der Waals surface area (Å²) in [7, 11) is 3.57. The van der Waals surface area contributed by atoms with E-state index in [1.165, 1.54) is 11.3 Å². The molecule has 7 heteroatoms. The number of methoxy groups -OCH3 is 1. The number of ether oxygens (including phenoxy) is 1. The summed E-state index contributed by atoms with van der Waals surface area (Å²) in [6.07, 6.45) is 3.93. The maximum absolute atomic E-state index is 13.0. The van der Waals surface area contributed by atoms with Gasteiger partial charge in [-0.2, -0.15) is 0 Å². The molecule has 0 saturated carbocycles. The number of amides is 2. The number of rotatable bonds is 11. The molecule has 0 unspecified atom stereocenters. The number of nitrogens with zero attached hydrogens (tertiary/aromatic N) is 3. The van der Waals surface area contributed by atoms with Crippen molar-refractivity contribution >= 4 is 23.2 Å². The van der Waals surface area contributed by atoms with E-state index in [0.29, 0.717) is 31.1 Å². The van der Waals surface area contributed by atoms with Crippen molar-refractivity contribution < 1.29 is 14.3 Å². The number of aromatic nitrogens is 1. The quantitative estimate of drug-likeness (QED) is 0.592. The lowest BCUT2D eigenvalue weighted by molar-refractivity contribution is -0.132. The average molecular weight is 392 g/mol. The van der Waals surface area contributed by atoms with E-state index in [4.69, 9.17) is 4.74 Å². The molecule has 0 aromatic carbocycles. The first kappa shape index (κ1) is 21.2. The number of thiophene rings is 1. The van der Waals surface area contributed by atoms with E-state index < -0.39 is 0 Å². The number of hydrogen-bond acceptors (Lipinski definition) is 4. The molecule has 0 aliphatic rings. The molecule has 2 rings (SSSR count). The molecule has 27 heavy (non-hydrogen) atoms. The minimum atomic E-state index is -0.121. The molecule has 6 nitrogen and oxygen atoms in total. The number of carbonyl (C=O) groups excluding carboxylic acids is 2. The second-order valence-electron chi connectivity index (χ2n) is 6.48.